The van der Waals surface area contributed by atoms with Gasteiger partial charge in [0.05, 0.1) is 32.6 Å². The van der Waals surface area contributed by atoms with Crippen LogP contribution in [-0.4, -0.2) is 63.0 Å². The molecule has 11 heteroatoms. The monoisotopic (exact) mass is 543 g/mol. The van der Waals surface area contributed by atoms with E-state index >= 15 is 0 Å². The van der Waals surface area contributed by atoms with Crippen molar-refractivity contribution in [2.24, 2.45) is 0 Å². The summed E-state index contributed by atoms with van der Waals surface area (Å²) in [6.45, 7) is 4.56. The Labute approximate surface area is 223 Å². The van der Waals surface area contributed by atoms with Gasteiger partial charge in [0.1, 0.15) is 11.5 Å². The molecule has 1 aliphatic heterocycles. The fraction of sp³-hybridized carbons (Fsp3) is 0.286. The van der Waals surface area contributed by atoms with Gasteiger partial charge in [0.25, 0.3) is 5.91 Å². The second kappa shape index (κ2) is 12.2. The molecule has 0 aliphatic carbocycles. The van der Waals surface area contributed by atoms with E-state index in [0.717, 1.165) is 0 Å². The quantitative estimate of drug-likeness (QED) is 0.412. The number of ether oxygens (including phenoxy) is 3. The number of carbonyl (C=O) groups is 2. The Kier molecular flexibility index (Phi) is 8.72. The Hall–Kier alpha value is -4.09. The number of nitrogens with zero attached hydrogens (tertiary/aromatic N) is 1. The molecule has 3 aromatic rings. The standard InChI is InChI=1S/C28H28F3N3O5/c1-18-22(19-6-9-21(10-7-19)39-28(29,30)31)4-3-5-23(18)27(36)32-20-8-11-24(25(16-20)37-2)33-26(35)17-34-12-14-38-15-13-34/h3-11,16H,12-15,17H2,1-2H3,(H,32,36)(H,33,35). The largest absolute Gasteiger partial charge is 0.573 e. The van der Waals surface area contributed by atoms with Gasteiger partial charge in [0, 0.05) is 30.4 Å². The lowest BCUT2D eigenvalue weighted by Crippen LogP contribution is -2.41. The zero-order valence-electron chi connectivity index (χ0n) is 21.4. The first-order valence-corrected chi connectivity index (χ1v) is 12.2. The van der Waals surface area contributed by atoms with Crippen molar-refractivity contribution in [2.75, 3.05) is 50.6 Å². The average Bonchev–Trinajstić information content (AvgIpc) is 2.90. The summed E-state index contributed by atoms with van der Waals surface area (Å²) in [6, 6.07) is 15.5. The summed E-state index contributed by atoms with van der Waals surface area (Å²) in [6.07, 6.45) is -4.77. The van der Waals surface area contributed by atoms with Gasteiger partial charge < -0.3 is 24.8 Å². The van der Waals surface area contributed by atoms with Crippen molar-refractivity contribution < 1.29 is 37.0 Å². The van der Waals surface area contributed by atoms with Crippen molar-refractivity contribution in [3.8, 4) is 22.6 Å². The fourth-order valence-electron chi connectivity index (χ4n) is 4.25. The number of benzene rings is 3. The SMILES string of the molecule is COc1cc(NC(=O)c2cccc(-c3ccc(OC(F)(F)F)cc3)c2C)ccc1NC(=O)CN1CCOCC1. The van der Waals surface area contributed by atoms with E-state index in [4.69, 9.17) is 9.47 Å². The molecule has 206 valence electrons. The summed E-state index contributed by atoms with van der Waals surface area (Å²) >= 11 is 0. The van der Waals surface area contributed by atoms with Gasteiger partial charge in [-0.1, -0.05) is 24.3 Å². The van der Waals surface area contributed by atoms with Gasteiger partial charge in [-0.3, -0.25) is 14.5 Å². The summed E-state index contributed by atoms with van der Waals surface area (Å²) in [5, 5.41) is 5.68. The van der Waals surface area contributed by atoms with E-state index in [2.05, 4.69) is 15.4 Å². The minimum Gasteiger partial charge on any atom is -0.494 e. The van der Waals surface area contributed by atoms with E-state index in [1.165, 1.54) is 31.4 Å². The van der Waals surface area contributed by atoms with Gasteiger partial charge in [0.2, 0.25) is 5.91 Å². The van der Waals surface area contributed by atoms with Crippen LogP contribution >= 0.6 is 0 Å². The van der Waals surface area contributed by atoms with Gasteiger partial charge in [-0.25, -0.2) is 0 Å². The molecule has 1 heterocycles. The molecule has 8 nitrogen and oxygen atoms in total. The number of nitrogens with one attached hydrogen (secondary N) is 2. The molecule has 0 spiro atoms. The summed E-state index contributed by atoms with van der Waals surface area (Å²) in [5.41, 5.74) is 3.31. The van der Waals surface area contributed by atoms with Crippen molar-refractivity contribution in [1.82, 2.24) is 4.90 Å². The minimum atomic E-state index is -4.77. The number of carbonyl (C=O) groups excluding carboxylic acids is 2. The normalized spacial score (nSPS) is 14.0. The zero-order valence-corrected chi connectivity index (χ0v) is 21.4. The molecule has 0 aromatic heterocycles. The van der Waals surface area contributed by atoms with Gasteiger partial charge in [-0.05, 0) is 53.9 Å². The van der Waals surface area contributed by atoms with E-state index in [-0.39, 0.29) is 24.1 Å². The first-order valence-electron chi connectivity index (χ1n) is 12.2. The molecule has 0 saturated carbocycles. The number of halogens is 3. The molecule has 0 bridgehead atoms. The van der Waals surface area contributed by atoms with Gasteiger partial charge in [-0.2, -0.15) is 0 Å². The summed E-state index contributed by atoms with van der Waals surface area (Å²) in [5.74, 6) is -0.503. The highest BCUT2D eigenvalue weighted by Crippen LogP contribution is 2.31. The number of hydrogen-bond acceptors (Lipinski definition) is 6. The second-order valence-corrected chi connectivity index (χ2v) is 8.86. The Morgan fingerprint density at radius 2 is 1.72 bits per heavy atom. The third-order valence-electron chi connectivity index (χ3n) is 6.18. The third kappa shape index (κ3) is 7.49. The Bertz CT molecular complexity index is 1320. The number of hydrogen-bond donors (Lipinski definition) is 2. The highest BCUT2D eigenvalue weighted by molar-refractivity contribution is 6.06. The lowest BCUT2D eigenvalue weighted by Gasteiger charge is -2.25. The van der Waals surface area contributed by atoms with E-state index in [1.807, 2.05) is 4.90 Å². The maximum absolute atomic E-state index is 13.1. The molecule has 0 atom stereocenters. The predicted octanol–water partition coefficient (Wildman–Crippen LogP) is 5.09. The molecular formula is C28H28F3N3O5. The van der Waals surface area contributed by atoms with Gasteiger partial charge in [-0.15, -0.1) is 13.2 Å². The lowest BCUT2D eigenvalue weighted by atomic mass is 9.96. The van der Waals surface area contributed by atoms with Crippen LogP contribution in [0.5, 0.6) is 11.5 Å². The summed E-state index contributed by atoms with van der Waals surface area (Å²) in [4.78, 5) is 27.6. The van der Waals surface area contributed by atoms with Gasteiger partial charge in [0.15, 0.2) is 0 Å². The molecule has 1 saturated heterocycles. The molecule has 0 unspecified atom stereocenters. The number of morpholine rings is 1. The maximum atomic E-state index is 13.1. The minimum absolute atomic E-state index is 0.183. The fourth-order valence-corrected chi connectivity index (χ4v) is 4.25. The number of rotatable bonds is 8. The van der Waals surface area contributed by atoms with Crippen LogP contribution in [0, 0.1) is 6.92 Å². The van der Waals surface area contributed by atoms with Crippen LogP contribution in [0.4, 0.5) is 24.5 Å². The van der Waals surface area contributed by atoms with Crippen LogP contribution < -0.4 is 20.1 Å². The van der Waals surface area contributed by atoms with Crippen LogP contribution in [0.25, 0.3) is 11.1 Å². The van der Waals surface area contributed by atoms with E-state index < -0.39 is 6.36 Å². The van der Waals surface area contributed by atoms with Crippen molar-refractivity contribution in [3.63, 3.8) is 0 Å². The van der Waals surface area contributed by atoms with Gasteiger partial charge >= 0.3 is 6.36 Å². The first kappa shape index (κ1) is 27.9. The lowest BCUT2D eigenvalue weighted by molar-refractivity contribution is -0.274. The maximum Gasteiger partial charge on any atom is 0.573 e. The summed E-state index contributed by atoms with van der Waals surface area (Å²) < 4.78 is 52.0. The second-order valence-electron chi connectivity index (χ2n) is 8.86. The molecule has 0 radical (unpaired) electrons. The predicted molar refractivity (Wildman–Crippen MR) is 140 cm³/mol. The van der Waals surface area contributed by atoms with Crippen LogP contribution in [0.3, 0.4) is 0 Å². The zero-order chi connectivity index (χ0) is 28.0. The molecule has 2 N–H and O–H groups in total. The average molecular weight is 544 g/mol. The molecule has 3 aromatic carbocycles. The van der Waals surface area contributed by atoms with Crippen molar-refractivity contribution >= 4 is 23.2 Å². The number of anilines is 2. The van der Waals surface area contributed by atoms with Crippen LogP contribution in [0.15, 0.2) is 60.7 Å². The molecule has 1 aliphatic rings. The summed E-state index contributed by atoms with van der Waals surface area (Å²) in [7, 11) is 1.47. The van der Waals surface area contributed by atoms with E-state index in [1.54, 1.807) is 43.3 Å². The van der Waals surface area contributed by atoms with Crippen molar-refractivity contribution in [2.45, 2.75) is 13.3 Å². The topological polar surface area (TPSA) is 89.1 Å². The number of amides is 2. The third-order valence-corrected chi connectivity index (χ3v) is 6.18. The molecular weight excluding hydrogens is 515 g/mol. The van der Waals surface area contributed by atoms with Crippen LogP contribution in [0.2, 0.25) is 0 Å². The molecule has 2 amide bonds. The van der Waals surface area contributed by atoms with Crippen LogP contribution in [0.1, 0.15) is 15.9 Å². The number of alkyl halides is 3. The Morgan fingerprint density at radius 3 is 2.38 bits per heavy atom. The smallest absolute Gasteiger partial charge is 0.494 e. The highest BCUT2D eigenvalue weighted by atomic mass is 19.4. The first-order chi connectivity index (χ1) is 18.6. The van der Waals surface area contributed by atoms with E-state index in [9.17, 15) is 22.8 Å². The Morgan fingerprint density at radius 1 is 1.00 bits per heavy atom. The van der Waals surface area contributed by atoms with Crippen LogP contribution in [-0.2, 0) is 9.53 Å². The molecule has 1 fully saturated rings. The molecule has 4 rings (SSSR count). The van der Waals surface area contributed by atoms with E-state index in [0.29, 0.717) is 65.7 Å². The van der Waals surface area contributed by atoms with Crippen molar-refractivity contribution in [1.29, 1.82) is 0 Å². The Balaban J connectivity index is 1.45. The van der Waals surface area contributed by atoms with Crippen molar-refractivity contribution in [3.05, 3.63) is 71.8 Å². The highest BCUT2D eigenvalue weighted by Gasteiger charge is 2.31. The number of methoxy groups -OCH3 is 1. The molecule has 39 heavy (non-hydrogen) atoms.